The number of benzene rings is 3. The van der Waals surface area contributed by atoms with Crippen molar-refractivity contribution in [3.05, 3.63) is 83.4 Å². The van der Waals surface area contributed by atoms with Gasteiger partial charge in [0.15, 0.2) is 9.84 Å². The number of para-hydroxylation sites is 1. The lowest BCUT2D eigenvalue weighted by molar-refractivity contribution is -0.116. The van der Waals surface area contributed by atoms with Gasteiger partial charge in [-0.1, -0.05) is 41.9 Å². The number of methoxy groups -OCH3 is 2. The maximum Gasteiger partial charge on any atom is 0.224 e. The summed E-state index contributed by atoms with van der Waals surface area (Å²) in [6.45, 7) is 3.37. The van der Waals surface area contributed by atoms with Crippen LogP contribution >= 0.6 is 11.6 Å². The van der Waals surface area contributed by atoms with Crippen LogP contribution in [0.25, 0.3) is 0 Å². The van der Waals surface area contributed by atoms with Crippen molar-refractivity contribution in [1.82, 2.24) is 0 Å². The molecule has 1 unspecified atom stereocenters. The molecule has 1 atom stereocenters. The highest BCUT2D eigenvalue weighted by Crippen LogP contribution is 2.45. The smallest absolute Gasteiger partial charge is 0.224 e. The minimum absolute atomic E-state index is 0.0734. The first-order valence-electron chi connectivity index (χ1n) is 11.2. The van der Waals surface area contributed by atoms with Gasteiger partial charge in [0, 0.05) is 17.9 Å². The van der Waals surface area contributed by atoms with Crippen LogP contribution in [0.2, 0.25) is 5.02 Å². The number of anilines is 1. The van der Waals surface area contributed by atoms with Gasteiger partial charge in [-0.2, -0.15) is 0 Å². The van der Waals surface area contributed by atoms with Crippen molar-refractivity contribution in [2.45, 2.75) is 42.2 Å². The van der Waals surface area contributed by atoms with Crippen molar-refractivity contribution in [2.24, 2.45) is 0 Å². The Kier molecular flexibility index (Phi) is 8.46. The number of halogens is 1. The number of ether oxygens (including phenoxy) is 2. The Morgan fingerprint density at radius 2 is 1.63 bits per heavy atom. The molecule has 0 aliphatic heterocycles. The fraction of sp³-hybridized carbons (Fsp3) is 0.296. The summed E-state index contributed by atoms with van der Waals surface area (Å²) < 4.78 is 37.3. The maximum atomic E-state index is 13.8. The van der Waals surface area contributed by atoms with Crippen LogP contribution in [0.5, 0.6) is 11.5 Å². The zero-order valence-electron chi connectivity index (χ0n) is 20.2. The molecule has 3 aromatic rings. The van der Waals surface area contributed by atoms with E-state index < -0.39 is 20.5 Å². The Hall–Kier alpha value is -3.03. The highest BCUT2D eigenvalue weighted by atomic mass is 35.5. The van der Waals surface area contributed by atoms with Gasteiger partial charge < -0.3 is 14.8 Å². The molecule has 0 aliphatic rings. The van der Waals surface area contributed by atoms with Gasteiger partial charge in [0.2, 0.25) is 5.91 Å². The van der Waals surface area contributed by atoms with Crippen LogP contribution < -0.4 is 14.8 Å². The van der Waals surface area contributed by atoms with Crippen LogP contribution in [0.1, 0.15) is 38.2 Å². The predicted octanol–water partition coefficient (Wildman–Crippen LogP) is 6.11. The van der Waals surface area contributed by atoms with E-state index in [0.717, 1.165) is 0 Å². The number of hydrogen-bond donors (Lipinski definition) is 1. The van der Waals surface area contributed by atoms with Crippen LogP contribution in [0.3, 0.4) is 0 Å². The predicted molar refractivity (Wildman–Crippen MR) is 139 cm³/mol. The molecular weight excluding hydrogens is 486 g/mol. The second kappa shape index (κ2) is 11.1. The van der Waals surface area contributed by atoms with Gasteiger partial charge in [-0.25, -0.2) is 8.42 Å². The minimum atomic E-state index is -3.79. The zero-order chi connectivity index (χ0) is 25.6. The maximum absolute atomic E-state index is 13.8. The lowest BCUT2D eigenvalue weighted by Gasteiger charge is -2.35. The first kappa shape index (κ1) is 26.6. The van der Waals surface area contributed by atoms with E-state index in [9.17, 15) is 13.2 Å². The molecule has 8 heteroatoms. The molecule has 0 spiro atoms. The third-order valence-corrected chi connectivity index (χ3v) is 9.10. The van der Waals surface area contributed by atoms with E-state index in [1.165, 1.54) is 7.11 Å². The average molecular weight is 516 g/mol. The number of nitrogens with one attached hydrogen (secondary N) is 1. The van der Waals surface area contributed by atoms with Crippen LogP contribution in [0.15, 0.2) is 77.7 Å². The summed E-state index contributed by atoms with van der Waals surface area (Å²) in [5.74, 6) is 0.241. The van der Waals surface area contributed by atoms with Crippen molar-refractivity contribution < 1.29 is 22.7 Å². The number of carbonyl (C=O) groups excluding carboxylic acids is 1. The fourth-order valence-corrected chi connectivity index (χ4v) is 6.06. The van der Waals surface area contributed by atoms with E-state index in [1.807, 2.05) is 0 Å². The van der Waals surface area contributed by atoms with E-state index in [4.69, 9.17) is 21.1 Å². The Balaban J connectivity index is 2.01. The van der Waals surface area contributed by atoms with Crippen LogP contribution in [-0.2, 0) is 14.6 Å². The van der Waals surface area contributed by atoms with Crippen molar-refractivity contribution in [3.63, 3.8) is 0 Å². The number of sulfone groups is 1. The van der Waals surface area contributed by atoms with Gasteiger partial charge in [0.05, 0.1) is 34.6 Å². The lowest BCUT2D eigenvalue weighted by Crippen LogP contribution is -2.39. The fourth-order valence-electron chi connectivity index (χ4n) is 4.13. The Bertz CT molecular complexity index is 1280. The molecule has 1 amide bonds. The highest BCUT2D eigenvalue weighted by Gasteiger charge is 2.44. The van der Waals surface area contributed by atoms with Gasteiger partial charge in [-0.05, 0) is 62.7 Å². The summed E-state index contributed by atoms with van der Waals surface area (Å²) in [7, 11) is -0.715. The largest absolute Gasteiger partial charge is 0.497 e. The quantitative estimate of drug-likeness (QED) is 0.352. The second-order valence-electron chi connectivity index (χ2n) is 8.65. The van der Waals surface area contributed by atoms with Crippen LogP contribution in [0, 0.1) is 0 Å². The van der Waals surface area contributed by atoms with Crippen molar-refractivity contribution in [3.8, 4) is 11.5 Å². The molecule has 0 aliphatic carbocycles. The molecule has 0 saturated carbocycles. The molecule has 1 N–H and O–H groups in total. The van der Waals surface area contributed by atoms with E-state index in [2.05, 4.69) is 5.32 Å². The molecule has 0 saturated heterocycles. The summed E-state index contributed by atoms with van der Waals surface area (Å²) in [4.78, 5) is 13.1. The molecule has 0 heterocycles. The molecule has 3 rings (SSSR count). The van der Waals surface area contributed by atoms with Crippen molar-refractivity contribution in [2.75, 3.05) is 19.5 Å². The topological polar surface area (TPSA) is 81.7 Å². The van der Waals surface area contributed by atoms with Crippen LogP contribution in [-0.4, -0.2) is 33.3 Å². The standard InChI is InChI=1S/C27H30ClNO5S/c1-27(2,35(31,32)20-10-6-5-7-11-20)22(21-18-19(33-3)14-16-25(21)34-4)15-17-26(30)29-24-13-9-8-12-23(24)28/h5-14,16,18,22H,15,17H2,1-4H3,(H,29,30). The third-order valence-electron chi connectivity index (χ3n) is 6.21. The highest BCUT2D eigenvalue weighted by molar-refractivity contribution is 7.92. The Morgan fingerprint density at radius 3 is 2.26 bits per heavy atom. The minimum Gasteiger partial charge on any atom is -0.497 e. The SMILES string of the molecule is COc1ccc(OC)c(C(CCC(=O)Nc2ccccc2Cl)C(C)(C)S(=O)(=O)c2ccccc2)c1. The Morgan fingerprint density at radius 1 is 0.971 bits per heavy atom. The van der Waals surface area contributed by atoms with E-state index in [-0.39, 0.29) is 23.6 Å². The summed E-state index contributed by atoms with van der Waals surface area (Å²) in [6, 6.07) is 20.6. The molecule has 0 aromatic heterocycles. The first-order valence-corrected chi connectivity index (χ1v) is 13.0. The van der Waals surface area contributed by atoms with Gasteiger partial charge in [-0.15, -0.1) is 0 Å². The normalized spacial score (nSPS) is 12.6. The van der Waals surface area contributed by atoms with Crippen molar-refractivity contribution >= 4 is 33.0 Å². The zero-order valence-corrected chi connectivity index (χ0v) is 21.8. The molecule has 0 radical (unpaired) electrons. The summed E-state index contributed by atoms with van der Waals surface area (Å²) in [5.41, 5.74) is 1.16. The molecule has 6 nitrogen and oxygen atoms in total. The summed E-state index contributed by atoms with van der Waals surface area (Å²) >= 11 is 6.18. The number of amides is 1. The lowest BCUT2D eigenvalue weighted by atomic mass is 9.83. The van der Waals surface area contributed by atoms with Crippen molar-refractivity contribution in [1.29, 1.82) is 0 Å². The van der Waals surface area contributed by atoms with Gasteiger partial charge in [0.1, 0.15) is 11.5 Å². The summed E-state index contributed by atoms with van der Waals surface area (Å²) in [6.07, 6.45) is 0.322. The second-order valence-corrected chi connectivity index (χ2v) is 11.6. The van der Waals surface area contributed by atoms with Gasteiger partial charge in [0.25, 0.3) is 0 Å². The Labute approximate surface area is 212 Å². The van der Waals surface area contributed by atoms with E-state index >= 15 is 0 Å². The average Bonchev–Trinajstić information content (AvgIpc) is 2.85. The molecule has 0 fully saturated rings. The summed E-state index contributed by atoms with van der Waals surface area (Å²) in [5, 5.41) is 3.24. The number of hydrogen-bond acceptors (Lipinski definition) is 5. The van der Waals surface area contributed by atoms with Gasteiger partial charge in [-0.3, -0.25) is 4.79 Å². The molecule has 186 valence electrons. The molecular formula is C27H30ClNO5S. The van der Waals surface area contributed by atoms with Gasteiger partial charge >= 0.3 is 0 Å². The first-order chi connectivity index (χ1) is 16.6. The van der Waals surface area contributed by atoms with E-state index in [0.29, 0.717) is 27.8 Å². The number of rotatable bonds is 10. The van der Waals surface area contributed by atoms with Crippen LogP contribution in [0.4, 0.5) is 5.69 Å². The molecule has 3 aromatic carbocycles. The molecule has 35 heavy (non-hydrogen) atoms. The molecule has 0 bridgehead atoms. The van der Waals surface area contributed by atoms with E-state index in [1.54, 1.807) is 93.8 Å². The third kappa shape index (κ3) is 5.80. The monoisotopic (exact) mass is 515 g/mol. The number of carbonyl (C=O) groups is 1.